The SMILES string of the molecule is C=C[C@H]1[C@@H](OCc2ccccc2)[C@H](O[Si](C)(C)C(C)(C)C)[C@H](C)C[C@@]1(O)C=O. The molecule has 0 aliphatic heterocycles. The molecule has 0 spiro atoms. The average molecular weight is 405 g/mol. The van der Waals surface area contributed by atoms with Crippen LogP contribution in [0.5, 0.6) is 0 Å². The van der Waals surface area contributed by atoms with E-state index in [1.807, 2.05) is 37.3 Å². The number of rotatable bonds is 7. The van der Waals surface area contributed by atoms with Crippen LogP contribution in [0.4, 0.5) is 0 Å². The zero-order chi connectivity index (χ0) is 21.2. The first kappa shape index (κ1) is 23.0. The normalized spacial score (nSPS) is 31.4. The summed E-state index contributed by atoms with van der Waals surface area (Å²) in [5.41, 5.74) is -0.431. The molecule has 4 nitrogen and oxygen atoms in total. The molecule has 1 fully saturated rings. The third kappa shape index (κ3) is 4.82. The van der Waals surface area contributed by atoms with Crippen LogP contribution in [-0.4, -0.2) is 37.5 Å². The van der Waals surface area contributed by atoms with Crippen LogP contribution in [0.1, 0.15) is 39.7 Å². The summed E-state index contributed by atoms with van der Waals surface area (Å²) in [5.74, 6) is -0.527. The second-order valence-electron chi connectivity index (χ2n) is 9.66. The van der Waals surface area contributed by atoms with Crippen molar-refractivity contribution in [2.24, 2.45) is 11.8 Å². The quantitative estimate of drug-likeness (QED) is 0.405. The monoisotopic (exact) mass is 404 g/mol. The van der Waals surface area contributed by atoms with Gasteiger partial charge in [0.15, 0.2) is 14.6 Å². The highest BCUT2D eigenvalue weighted by Crippen LogP contribution is 2.45. The van der Waals surface area contributed by atoms with Crippen LogP contribution < -0.4 is 0 Å². The van der Waals surface area contributed by atoms with E-state index >= 15 is 0 Å². The van der Waals surface area contributed by atoms with Crippen molar-refractivity contribution in [3.8, 4) is 0 Å². The van der Waals surface area contributed by atoms with Crippen molar-refractivity contribution >= 4 is 14.6 Å². The first-order valence-electron chi connectivity index (χ1n) is 10.1. The fourth-order valence-corrected chi connectivity index (χ4v) is 5.11. The molecule has 156 valence electrons. The maximum Gasteiger partial charge on any atom is 0.192 e. The van der Waals surface area contributed by atoms with Gasteiger partial charge in [0.05, 0.1) is 18.8 Å². The Hall–Kier alpha value is -1.27. The fraction of sp³-hybridized carbons (Fsp3) is 0.609. The number of hydrogen-bond acceptors (Lipinski definition) is 4. The Morgan fingerprint density at radius 1 is 1.25 bits per heavy atom. The van der Waals surface area contributed by atoms with Crippen molar-refractivity contribution in [2.75, 3.05) is 0 Å². The number of carbonyl (C=O) groups is 1. The lowest BCUT2D eigenvalue weighted by molar-refractivity contribution is -0.175. The van der Waals surface area contributed by atoms with Gasteiger partial charge in [0, 0.05) is 5.92 Å². The first-order valence-corrected chi connectivity index (χ1v) is 13.0. The highest BCUT2D eigenvalue weighted by atomic mass is 28.4. The number of ether oxygens (including phenoxy) is 1. The van der Waals surface area contributed by atoms with E-state index in [2.05, 4.69) is 40.4 Å². The lowest BCUT2D eigenvalue weighted by Crippen LogP contribution is -2.61. The molecule has 0 aromatic heterocycles. The minimum Gasteiger partial charge on any atom is -0.411 e. The Bertz CT molecular complexity index is 667. The van der Waals surface area contributed by atoms with Crippen LogP contribution >= 0.6 is 0 Å². The zero-order valence-electron chi connectivity index (χ0n) is 18.1. The van der Waals surface area contributed by atoms with Gasteiger partial charge in [-0.3, -0.25) is 0 Å². The smallest absolute Gasteiger partial charge is 0.192 e. The fourth-order valence-electron chi connectivity index (χ4n) is 3.71. The number of hydrogen-bond donors (Lipinski definition) is 1. The van der Waals surface area contributed by atoms with E-state index in [4.69, 9.17) is 9.16 Å². The number of aldehydes is 1. The second kappa shape index (κ2) is 8.62. The number of benzene rings is 1. The van der Waals surface area contributed by atoms with Crippen molar-refractivity contribution in [2.45, 2.75) is 76.7 Å². The summed E-state index contributed by atoms with van der Waals surface area (Å²) in [4.78, 5) is 11.8. The van der Waals surface area contributed by atoms with Crippen molar-refractivity contribution in [1.82, 2.24) is 0 Å². The molecule has 5 heteroatoms. The van der Waals surface area contributed by atoms with Crippen LogP contribution in [0.15, 0.2) is 43.0 Å². The Morgan fingerprint density at radius 2 is 1.86 bits per heavy atom. The number of aliphatic hydroxyl groups is 1. The third-order valence-electron chi connectivity index (χ3n) is 6.44. The maximum atomic E-state index is 11.8. The van der Waals surface area contributed by atoms with E-state index < -0.39 is 25.9 Å². The minimum atomic E-state index is -2.07. The molecule has 1 aliphatic rings. The lowest BCUT2D eigenvalue weighted by Gasteiger charge is -2.51. The van der Waals surface area contributed by atoms with Gasteiger partial charge < -0.3 is 19.1 Å². The van der Waals surface area contributed by atoms with Gasteiger partial charge in [-0.25, -0.2) is 0 Å². The minimum absolute atomic E-state index is 0.0127. The topological polar surface area (TPSA) is 55.8 Å². The molecule has 28 heavy (non-hydrogen) atoms. The first-order chi connectivity index (χ1) is 12.9. The van der Waals surface area contributed by atoms with Crippen molar-refractivity contribution in [1.29, 1.82) is 0 Å². The van der Waals surface area contributed by atoms with Crippen molar-refractivity contribution in [3.63, 3.8) is 0 Å². The summed E-state index contributed by atoms with van der Waals surface area (Å²) in [7, 11) is -2.07. The summed E-state index contributed by atoms with van der Waals surface area (Å²) in [6.07, 6.45) is 2.01. The Labute approximate surface area is 171 Å². The Morgan fingerprint density at radius 3 is 2.36 bits per heavy atom. The largest absolute Gasteiger partial charge is 0.411 e. The predicted octanol–water partition coefficient (Wildman–Crippen LogP) is 4.73. The van der Waals surface area contributed by atoms with E-state index in [1.54, 1.807) is 6.08 Å². The summed E-state index contributed by atoms with van der Waals surface area (Å²) in [6.45, 7) is 17.4. The highest BCUT2D eigenvalue weighted by Gasteiger charge is 2.53. The maximum absolute atomic E-state index is 11.8. The predicted molar refractivity (Wildman–Crippen MR) is 116 cm³/mol. The molecule has 1 aliphatic carbocycles. The summed E-state index contributed by atoms with van der Waals surface area (Å²) < 4.78 is 13.1. The molecule has 0 unspecified atom stereocenters. The van der Waals surface area contributed by atoms with Gasteiger partial charge >= 0.3 is 0 Å². The summed E-state index contributed by atoms with van der Waals surface area (Å²) in [6, 6.07) is 9.92. The molecular weight excluding hydrogens is 368 g/mol. The molecule has 1 saturated carbocycles. The van der Waals surface area contributed by atoms with E-state index in [1.165, 1.54) is 0 Å². The molecule has 2 rings (SSSR count). The highest BCUT2D eigenvalue weighted by molar-refractivity contribution is 6.74. The summed E-state index contributed by atoms with van der Waals surface area (Å²) >= 11 is 0. The molecule has 0 bridgehead atoms. The molecule has 0 saturated heterocycles. The van der Waals surface area contributed by atoms with Gasteiger partial charge in [-0.15, -0.1) is 6.58 Å². The van der Waals surface area contributed by atoms with Gasteiger partial charge in [0.1, 0.15) is 5.60 Å². The molecule has 0 heterocycles. The van der Waals surface area contributed by atoms with E-state index in [9.17, 15) is 9.90 Å². The van der Waals surface area contributed by atoms with Crippen LogP contribution in [0.25, 0.3) is 0 Å². The molecule has 5 atom stereocenters. The van der Waals surface area contributed by atoms with E-state index in [-0.39, 0.29) is 17.1 Å². The molecule has 0 amide bonds. The van der Waals surface area contributed by atoms with Crippen LogP contribution in [0.3, 0.4) is 0 Å². The van der Waals surface area contributed by atoms with Crippen LogP contribution in [-0.2, 0) is 20.6 Å². The van der Waals surface area contributed by atoms with Gasteiger partial charge in [0.25, 0.3) is 0 Å². The molecule has 1 N–H and O–H groups in total. The van der Waals surface area contributed by atoms with Crippen molar-refractivity contribution in [3.05, 3.63) is 48.6 Å². The molecule has 1 aromatic rings. The molecular formula is C23H36O4Si. The van der Waals surface area contributed by atoms with E-state index in [0.717, 1.165) is 5.56 Å². The van der Waals surface area contributed by atoms with Crippen LogP contribution in [0, 0.1) is 11.8 Å². The lowest BCUT2D eigenvalue weighted by atomic mass is 9.68. The molecule has 1 aromatic carbocycles. The van der Waals surface area contributed by atoms with Gasteiger partial charge in [-0.2, -0.15) is 0 Å². The second-order valence-corrected chi connectivity index (χ2v) is 14.4. The Balaban J connectivity index is 2.35. The number of carbonyl (C=O) groups excluding carboxylic acids is 1. The van der Waals surface area contributed by atoms with E-state index in [0.29, 0.717) is 19.3 Å². The molecule has 0 radical (unpaired) electrons. The third-order valence-corrected chi connectivity index (χ3v) is 10.9. The van der Waals surface area contributed by atoms with Gasteiger partial charge in [-0.05, 0) is 36.0 Å². The van der Waals surface area contributed by atoms with Crippen LogP contribution in [0.2, 0.25) is 18.1 Å². The Kier molecular flexibility index (Phi) is 7.08. The zero-order valence-corrected chi connectivity index (χ0v) is 19.1. The van der Waals surface area contributed by atoms with Crippen molar-refractivity contribution < 1.29 is 19.1 Å². The van der Waals surface area contributed by atoms with Gasteiger partial charge in [-0.1, -0.05) is 64.1 Å². The average Bonchev–Trinajstić information content (AvgIpc) is 2.62. The standard InChI is InChI=1S/C23H36O4Si/c1-8-19-21(26-15-18-12-10-9-11-13-18)20(17(2)14-23(19,25)16-24)27-28(6,7)22(3,4)5/h8-13,16-17,19-21,25H,1,14-15H2,2-7H3/t17-,19+,20-,21-,23-/m1/s1. The summed E-state index contributed by atoms with van der Waals surface area (Å²) in [5, 5.41) is 11.0. The van der Waals surface area contributed by atoms with Gasteiger partial charge in [0.2, 0.25) is 0 Å².